The van der Waals surface area contributed by atoms with Crippen molar-refractivity contribution in [1.82, 2.24) is 4.98 Å². The van der Waals surface area contributed by atoms with Gasteiger partial charge in [0.05, 0.1) is 10.4 Å². The van der Waals surface area contributed by atoms with Gasteiger partial charge in [0.1, 0.15) is 12.4 Å². The third-order valence-corrected chi connectivity index (χ3v) is 4.64. The zero-order chi connectivity index (χ0) is 17.3. The third-order valence-electron chi connectivity index (χ3n) is 3.77. The quantitative estimate of drug-likeness (QED) is 0.567. The van der Waals surface area contributed by atoms with Crippen LogP contribution in [0.2, 0.25) is 0 Å². The second kappa shape index (κ2) is 7.85. The number of benzene rings is 2. The molecule has 0 aliphatic rings. The molecule has 3 rings (SSSR count). The number of para-hydroxylation sites is 1. The number of nitrogens with zero attached hydrogens (tertiary/aromatic N) is 1. The van der Waals surface area contributed by atoms with Gasteiger partial charge < -0.3 is 4.74 Å². The summed E-state index contributed by atoms with van der Waals surface area (Å²) in [5.74, 6) is 0.526. The van der Waals surface area contributed by atoms with Crippen molar-refractivity contribution >= 4 is 50.6 Å². The van der Waals surface area contributed by atoms with Crippen molar-refractivity contribution in [3.63, 3.8) is 0 Å². The predicted octanol–water partition coefficient (Wildman–Crippen LogP) is 3.03. The molecule has 0 saturated carbocycles. The Kier molecular flexibility index (Phi) is 6.24. The number of aryl methyl sites for hydroxylation is 2. The van der Waals surface area contributed by atoms with Crippen molar-refractivity contribution < 1.29 is 17.7 Å². The van der Waals surface area contributed by atoms with E-state index >= 15 is 0 Å². The molecule has 5 nitrogen and oxygen atoms in total. The number of rotatable bonds is 4. The monoisotopic (exact) mass is 367 g/mol. The fourth-order valence-electron chi connectivity index (χ4n) is 2.59. The molecule has 0 fully saturated rings. The number of ether oxygens (including phenoxy) is 1. The second-order valence-corrected chi connectivity index (χ2v) is 7.05. The molecule has 0 amide bonds. The van der Waals surface area contributed by atoms with Crippen molar-refractivity contribution in [3.8, 4) is 5.75 Å². The van der Waals surface area contributed by atoms with Gasteiger partial charge in [-0.15, -0.1) is 0 Å². The number of pyridine rings is 1. The maximum atomic E-state index is 11.0. The van der Waals surface area contributed by atoms with Gasteiger partial charge in [-0.3, -0.25) is 9.54 Å². The minimum absolute atomic E-state index is 0. The average molecular weight is 367 g/mol. The van der Waals surface area contributed by atoms with Crippen molar-refractivity contribution in [2.45, 2.75) is 25.3 Å². The number of aromatic nitrogens is 1. The molecule has 0 atom stereocenters. The van der Waals surface area contributed by atoms with Crippen molar-refractivity contribution in [2.75, 3.05) is 0 Å². The van der Waals surface area contributed by atoms with Gasteiger partial charge in [-0.05, 0) is 49.7 Å². The molecule has 0 aliphatic carbocycles. The van der Waals surface area contributed by atoms with Gasteiger partial charge in [0, 0.05) is 16.6 Å². The first-order chi connectivity index (χ1) is 11.3. The van der Waals surface area contributed by atoms with E-state index < -0.39 is 10.1 Å². The Morgan fingerprint density at radius 2 is 1.76 bits per heavy atom. The van der Waals surface area contributed by atoms with Gasteiger partial charge in [0.15, 0.2) is 0 Å². The van der Waals surface area contributed by atoms with Crippen LogP contribution in [-0.4, -0.2) is 47.5 Å². The van der Waals surface area contributed by atoms with Crippen LogP contribution in [0.1, 0.15) is 16.8 Å². The summed E-state index contributed by atoms with van der Waals surface area (Å²) in [4.78, 5) is 4.42. The van der Waals surface area contributed by atoms with E-state index in [9.17, 15) is 8.42 Å². The molecule has 0 bridgehead atoms. The third kappa shape index (κ3) is 4.59. The van der Waals surface area contributed by atoms with Gasteiger partial charge in [0.25, 0.3) is 10.1 Å². The zero-order valence-electron chi connectivity index (χ0n) is 13.4. The molecule has 0 aliphatic heterocycles. The van der Waals surface area contributed by atoms with Crippen LogP contribution in [0.3, 0.4) is 0 Å². The number of hydrogen-bond donors (Lipinski definition) is 1. The maximum absolute atomic E-state index is 11.0. The Morgan fingerprint density at radius 3 is 2.40 bits per heavy atom. The molecule has 1 aromatic heterocycles. The predicted molar refractivity (Wildman–Crippen MR) is 99.0 cm³/mol. The zero-order valence-corrected chi connectivity index (χ0v) is 14.2. The Bertz CT molecular complexity index is 1000. The Balaban J connectivity index is 0.00000225. The summed E-state index contributed by atoms with van der Waals surface area (Å²) in [6.45, 7) is 4.30. The first-order valence-electron chi connectivity index (χ1n) is 7.41. The molecule has 0 radical (unpaired) electrons. The molecule has 0 saturated heterocycles. The summed E-state index contributed by atoms with van der Waals surface area (Å²) < 4.78 is 36.8. The van der Waals surface area contributed by atoms with E-state index in [1.165, 1.54) is 24.3 Å². The Morgan fingerprint density at radius 1 is 1.08 bits per heavy atom. The van der Waals surface area contributed by atoms with Crippen molar-refractivity contribution in [3.05, 3.63) is 65.4 Å². The van der Waals surface area contributed by atoms with Crippen LogP contribution in [0.25, 0.3) is 10.9 Å². The normalized spacial score (nSPS) is 11.2. The van der Waals surface area contributed by atoms with Crippen LogP contribution in [0.5, 0.6) is 5.75 Å². The van der Waals surface area contributed by atoms with E-state index in [2.05, 4.69) is 4.98 Å². The van der Waals surface area contributed by atoms with E-state index in [0.717, 1.165) is 27.7 Å². The molecule has 1 heterocycles. The van der Waals surface area contributed by atoms with Crippen LogP contribution >= 0.6 is 0 Å². The molecule has 1 N–H and O–H groups in total. The van der Waals surface area contributed by atoms with E-state index in [0.29, 0.717) is 12.4 Å². The minimum atomic E-state index is -4.19. The number of fused-ring (bicyclic) bond motifs is 1. The van der Waals surface area contributed by atoms with Gasteiger partial charge in [-0.1, -0.05) is 18.2 Å². The van der Waals surface area contributed by atoms with Crippen molar-refractivity contribution in [1.29, 1.82) is 0 Å². The molecule has 7 heteroatoms. The molecule has 2 aromatic carbocycles. The molecule has 0 spiro atoms. The first kappa shape index (κ1) is 19.9. The standard InChI is InChI=1S/C18H17NO4S.Na.H/c1-12-4-3-5-17-14(10-13(2)19-18(12)17)11-23-15-6-8-16(9-7-15)24(20,21)22;;/h3-10H,11H2,1-2H3,(H,20,21,22);;. The summed E-state index contributed by atoms with van der Waals surface area (Å²) in [5.41, 5.74) is 3.99. The van der Waals surface area contributed by atoms with Crippen LogP contribution in [-0.2, 0) is 16.7 Å². The van der Waals surface area contributed by atoms with Gasteiger partial charge in [0.2, 0.25) is 0 Å². The van der Waals surface area contributed by atoms with Gasteiger partial charge >= 0.3 is 29.6 Å². The Labute approximate surface area is 169 Å². The molecule has 0 unspecified atom stereocenters. The van der Waals surface area contributed by atoms with Gasteiger partial charge in [-0.2, -0.15) is 8.42 Å². The summed E-state index contributed by atoms with van der Waals surface area (Å²) in [7, 11) is -4.19. The number of hydrogen-bond acceptors (Lipinski definition) is 4. The molecule has 3 aromatic rings. The fraction of sp³-hybridized carbons (Fsp3) is 0.167. The first-order valence-corrected chi connectivity index (χ1v) is 8.85. The average Bonchev–Trinajstić information content (AvgIpc) is 2.53. The SMILES string of the molecule is Cc1cc(COc2ccc(S(=O)(=O)O)cc2)c2cccc(C)c2n1.[NaH]. The molecular formula is C18H18NNaO4S. The van der Waals surface area contributed by atoms with E-state index in [-0.39, 0.29) is 34.5 Å². The second-order valence-electron chi connectivity index (χ2n) is 5.63. The van der Waals surface area contributed by atoms with Crippen LogP contribution in [0.15, 0.2) is 53.4 Å². The summed E-state index contributed by atoms with van der Waals surface area (Å²) in [5, 5.41) is 1.04. The van der Waals surface area contributed by atoms with Crippen LogP contribution in [0, 0.1) is 13.8 Å². The van der Waals surface area contributed by atoms with E-state index in [4.69, 9.17) is 9.29 Å². The van der Waals surface area contributed by atoms with E-state index in [1.54, 1.807) is 0 Å². The molecular weight excluding hydrogens is 349 g/mol. The Hall–Kier alpha value is -1.44. The summed E-state index contributed by atoms with van der Waals surface area (Å²) in [6, 6.07) is 13.7. The fourth-order valence-corrected chi connectivity index (χ4v) is 3.07. The van der Waals surface area contributed by atoms with Crippen LogP contribution in [0.4, 0.5) is 0 Å². The van der Waals surface area contributed by atoms with E-state index in [1.807, 2.05) is 38.1 Å². The van der Waals surface area contributed by atoms with Crippen LogP contribution < -0.4 is 4.74 Å². The summed E-state index contributed by atoms with van der Waals surface area (Å²) >= 11 is 0. The topological polar surface area (TPSA) is 76.5 Å². The van der Waals surface area contributed by atoms with Crippen molar-refractivity contribution in [2.24, 2.45) is 0 Å². The summed E-state index contributed by atoms with van der Waals surface area (Å²) in [6.07, 6.45) is 0. The molecule has 126 valence electrons. The van der Waals surface area contributed by atoms with Gasteiger partial charge in [-0.25, -0.2) is 0 Å². The molecule has 25 heavy (non-hydrogen) atoms.